The quantitative estimate of drug-likeness (QED) is 0.407. The minimum atomic E-state index is -0.720. The third kappa shape index (κ3) is 6.65. The first kappa shape index (κ1) is 23.7. The van der Waals surface area contributed by atoms with Crippen molar-refractivity contribution >= 4 is 17.5 Å². The molecule has 0 bridgehead atoms. The number of benzene rings is 2. The second-order valence-electron chi connectivity index (χ2n) is 5.62. The van der Waals surface area contributed by atoms with E-state index in [2.05, 4.69) is 0 Å². The van der Waals surface area contributed by atoms with E-state index in [1.54, 1.807) is 29.7 Å². The summed E-state index contributed by atoms with van der Waals surface area (Å²) in [5, 5.41) is 9.32. The summed E-state index contributed by atoms with van der Waals surface area (Å²) in [6.45, 7) is 0. The second kappa shape index (κ2) is 11.5. The van der Waals surface area contributed by atoms with Crippen molar-refractivity contribution in [3.8, 4) is 0 Å². The van der Waals surface area contributed by atoms with Gasteiger partial charge in [0.25, 0.3) is 0 Å². The van der Waals surface area contributed by atoms with Crippen LogP contribution in [-0.2, 0) is 16.0 Å². The summed E-state index contributed by atoms with van der Waals surface area (Å²) in [6.07, 6.45) is -0.554. The van der Waals surface area contributed by atoms with Crippen molar-refractivity contribution < 1.29 is 76.3 Å². The molecule has 26 heavy (non-hydrogen) atoms. The number of nitrogens with one attached hydrogen (secondary N) is 1. The molecule has 0 fully saturated rings. The largest absolute Gasteiger partial charge is 1.00 e. The Morgan fingerprint density at radius 1 is 1.27 bits per heavy atom. The topological polar surface area (TPSA) is 58.6 Å². The molecule has 8 heteroatoms. The van der Waals surface area contributed by atoms with E-state index in [0.717, 1.165) is 17.7 Å². The van der Waals surface area contributed by atoms with Crippen molar-refractivity contribution in [3.63, 3.8) is 0 Å². The Labute approximate surface area is 199 Å². The van der Waals surface area contributed by atoms with Gasteiger partial charge >= 0.3 is 51.4 Å². The van der Waals surface area contributed by atoms with Crippen LogP contribution in [0.25, 0.3) is 0 Å². The van der Waals surface area contributed by atoms with Crippen molar-refractivity contribution in [1.82, 2.24) is 5.48 Å². The molecule has 0 aliphatic carbocycles. The molecule has 0 aliphatic rings. The molecule has 0 saturated heterocycles. The fourth-order valence-corrected chi connectivity index (χ4v) is 2.86. The van der Waals surface area contributed by atoms with E-state index in [-0.39, 0.29) is 64.8 Å². The molecule has 0 aliphatic heterocycles. The molecule has 2 N–H and O–H groups in total. The first-order valence-corrected chi connectivity index (χ1v) is 7.97. The van der Waals surface area contributed by atoms with Crippen LogP contribution in [-0.4, -0.2) is 24.3 Å². The Balaban J connectivity index is 0.00000338. The van der Waals surface area contributed by atoms with Crippen LogP contribution in [0, 0.1) is 11.6 Å². The third-order valence-electron chi connectivity index (χ3n) is 3.99. The van der Waals surface area contributed by atoms with Crippen LogP contribution in [0.4, 0.5) is 8.78 Å². The summed E-state index contributed by atoms with van der Waals surface area (Å²) < 4.78 is 32.9. The fraction of sp³-hybridized carbons (Fsp3) is 0.278. The monoisotopic (exact) mass is 409 g/mol. The number of amides is 1. The maximum Gasteiger partial charge on any atom is 1.00 e. The van der Waals surface area contributed by atoms with Crippen LogP contribution in [0.3, 0.4) is 0 Å². The van der Waals surface area contributed by atoms with E-state index in [1.807, 2.05) is 0 Å². The predicted octanol–water partition coefficient (Wildman–Crippen LogP) is 0.971. The predicted molar refractivity (Wildman–Crippen MR) is 90.7 cm³/mol. The van der Waals surface area contributed by atoms with Crippen molar-refractivity contribution in [1.29, 1.82) is 0 Å². The van der Waals surface area contributed by atoms with Gasteiger partial charge in [0.15, 0.2) is 0 Å². The van der Waals surface area contributed by atoms with Crippen LogP contribution < -0.4 is 56.9 Å². The van der Waals surface area contributed by atoms with Gasteiger partial charge in [0, 0.05) is 24.1 Å². The summed E-state index contributed by atoms with van der Waals surface area (Å²) in [5.41, 5.74) is 2.62. The van der Waals surface area contributed by atoms with Crippen molar-refractivity contribution in [2.24, 2.45) is 0 Å². The van der Waals surface area contributed by atoms with E-state index in [0.29, 0.717) is 11.4 Å². The van der Waals surface area contributed by atoms with Gasteiger partial charge in [-0.1, -0.05) is 29.8 Å². The van der Waals surface area contributed by atoms with E-state index in [1.165, 1.54) is 13.2 Å². The SMILES string of the molecule is CO[C@H](CC(=O)NO)[C@H](Cc1ccc(Cl)cc1)c1ccc(F)cc1F.[H-].[K+]. The molecular weight excluding hydrogens is 391 g/mol. The number of methoxy groups -OCH3 is 1. The molecule has 2 aromatic carbocycles. The number of ether oxygens (including phenoxy) is 1. The van der Waals surface area contributed by atoms with Gasteiger partial charge in [-0.2, -0.15) is 0 Å². The maximum absolute atomic E-state index is 14.3. The normalized spacial score (nSPS) is 12.8. The molecule has 2 atom stereocenters. The zero-order valence-corrected chi connectivity index (χ0v) is 18.4. The standard InChI is InChI=1S/C18H18ClF2NO3.K.H/c1-25-17(10-18(23)22-24)15(8-11-2-4-12(19)5-3-11)14-7-6-13(20)9-16(14)21;;/h2-7,9,15,17,24H,8,10H2,1H3,(H,22,23);;/q;+1;-1/t15-,17-;;/m1../s1. The van der Waals surface area contributed by atoms with Gasteiger partial charge in [-0.05, 0) is 35.7 Å². The molecular formula is C18H19ClF2KNO3. The zero-order valence-electron chi connectivity index (χ0n) is 15.5. The zero-order chi connectivity index (χ0) is 18.4. The Kier molecular flexibility index (Phi) is 10.4. The maximum atomic E-state index is 14.3. The first-order valence-electron chi connectivity index (χ1n) is 7.59. The van der Waals surface area contributed by atoms with Crippen molar-refractivity contribution in [2.75, 3.05) is 7.11 Å². The molecule has 4 nitrogen and oxygen atoms in total. The molecule has 136 valence electrons. The van der Waals surface area contributed by atoms with Crippen LogP contribution in [0.15, 0.2) is 42.5 Å². The van der Waals surface area contributed by atoms with E-state index < -0.39 is 29.6 Å². The fourth-order valence-electron chi connectivity index (χ4n) is 2.74. The number of rotatable bonds is 7. The summed E-state index contributed by atoms with van der Waals surface area (Å²) in [7, 11) is 1.39. The molecule has 0 radical (unpaired) electrons. The van der Waals surface area contributed by atoms with Gasteiger partial charge in [-0.3, -0.25) is 10.0 Å². The molecule has 0 aromatic heterocycles. The molecule has 2 aromatic rings. The van der Waals surface area contributed by atoms with E-state index >= 15 is 0 Å². The number of carbonyl (C=O) groups excluding carboxylic acids is 1. The average molecular weight is 410 g/mol. The summed E-state index contributed by atoms with van der Waals surface area (Å²) in [4.78, 5) is 11.5. The van der Waals surface area contributed by atoms with Gasteiger partial charge in [-0.15, -0.1) is 0 Å². The Morgan fingerprint density at radius 2 is 1.92 bits per heavy atom. The van der Waals surface area contributed by atoms with Crippen LogP contribution >= 0.6 is 11.6 Å². The van der Waals surface area contributed by atoms with Gasteiger partial charge in [-0.25, -0.2) is 14.3 Å². The molecule has 2 rings (SSSR count). The molecule has 0 heterocycles. The number of halogens is 3. The average Bonchev–Trinajstić information content (AvgIpc) is 2.60. The number of carbonyl (C=O) groups is 1. The summed E-state index contributed by atoms with van der Waals surface area (Å²) >= 11 is 5.88. The van der Waals surface area contributed by atoms with Crippen LogP contribution in [0.2, 0.25) is 5.02 Å². The second-order valence-corrected chi connectivity index (χ2v) is 6.05. The summed E-state index contributed by atoms with van der Waals surface area (Å²) in [5.74, 6) is -2.63. The van der Waals surface area contributed by atoms with E-state index in [9.17, 15) is 13.6 Å². The Hall–Kier alpha value is -0.384. The van der Waals surface area contributed by atoms with Crippen molar-refractivity contribution in [2.45, 2.75) is 24.9 Å². The number of hydrogen-bond acceptors (Lipinski definition) is 3. The van der Waals surface area contributed by atoms with Gasteiger partial charge in [0.1, 0.15) is 11.6 Å². The Morgan fingerprint density at radius 3 is 2.46 bits per heavy atom. The molecule has 0 unspecified atom stereocenters. The Bertz CT molecular complexity index is 737. The minimum absolute atomic E-state index is 0. The molecule has 0 saturated carbocycles. The third-order valence-corrected chi connectivity index (χ3v) is 4.25. The van der Waals surface area contributed by atoms with Gasteiger partial charge < -0.3 is 6.16 Å². The molecule has 1 amide bonds. The smallest absolute Gasteiger partial charge is 1.00 e. The van der Waals surface area contributed by atoms with Crippen molar-refractivity contribution in [3.05, 3.63) is 70.2 Å². The summed E-state index contributed by atoms with van der Waals surface area (Å²) in [6, 6.07) is 10.3. The van der Waals surface area contributed by atoms with E-state index in [4.69, 9.17) is 21.5 Å². The van der Waals surface area contributed by atoms with Crippen LogP contribution in [0.1, 0.15) is 24.9 Å². The van der Waals surface area contributed by atoms with Crippen LogP contribution in [0.5, 0.6) is 0 Å². The first-order chi connectivity index (χ1) is 11.9. The van der Waals surface area contributed by atoms with Gasteiger partial charge in [0.05, 0.1) is 12.5 Å². The molecule has 0 spiro atoms. The number of hydrogen-bond donors (Lipinski definition) is 2. The minimum Gasteiger partial charge on any atom is -1.00 e. The number of hydroxylamine groups is 1. The van der Waals surface area contributed by atoms with Gasteiger partial charge in [0.2, 0.25) is 5.91 Å².